The van der Waals surface area contributed by atoms with Gasteiger partial charge in [0, 0.05) is 35.0 Å². The normalized spacial score (nSPS) is 11.4. The second kappa shape index (κ2) is 16.4. The van der Waals surface area contributed by atoms with Crippen LogP contribution in [-0.2, 0) is 20.7 Å². The van der Waals surface area contributed by atoms with Gasteiger partial charge in [0.2, 0.25) is 0 Å². The molecule has 47 heavy (non-hydrogen) atoms. The molecule has 0 aromatic heterocycles. The molecule has 7 heteroatoms. The Morgan fingerprint density at radius 1 is 0.745 bits per heavy atom. The van der Waals surface area contributed by atoms with Crippen molar-refractivity contribution in [2.45, 2.75) is 12.5 Å². The summed E-state index contributed by atoms with van der Waals surface area (Å²) in [6.45, 7) is 0.622. The molecular formula is C40H36N2O5. The van der Waals surface area contributed by atoms with Crippen molar-refractivity contribution in [2.75, 3.05) is 30.5 Å². The summed E-state index contributed by atoms with van der Waals surface area (Å²) in [4.78, 5) is 40.9. The Hall–Kier alpha value is -5.95. The Bertz CT molecular complexity index is 1790. The number of hydrogen-bond donors (Lipinski definition) is 1. The average Bonchev–Trinajstić information content (AvgIpc) is 3.13. The zero-order chi connectivity index (χ0) is 32.8. The van der Waals surface area contributed by atoms with E-state index in [4.69, 9.17) is 9.47 Å². The van der Waals surface area contributed by atoms with Crippen molar-refractivity contribution in [1.29, 1.82) is 0 Å². The minimum Gasteiger partial charge on any atom is -0.492 e. The molecule has 236 valence electrons. The third kappa shape index (κ3) is 9.05. The van der Waals surface area contributed by atoms with E-state index in [1.165, 1.54) is 7.11 Å². The maximum atomic E-state index is 13.2. The van der Waals surface area contributed by atoms with Crippen LogP contribution < -0.4 is 15.0 Å². The quantitative estimate of drug-likeness (QED) is 0.0797. The smallest absolute Gasteiger partial charge is 0.328 e. The lowest BCUT2D eigenvalue weighted by molar-refractivity contribution is -0.141. The van der Waals surface area contributed by atoms with Crippen molar-refractivity contribution in [3.8, 4) is 5.75 Å². The molecule has 0 spiro atoms. The molecule has 5 aromatic carbocycles. The van der Waals surface area contributed by atoms with Gasteiger partial charge in [0.05, 0.1) is 13.7 Å². The first-order chi connectivity index (χ1) is 23.0. The van der Waals surface area contributed by atoms with Crippen molar-refractivity contribution < 1.29 is 23.9 Å². The largest absolute Gasteiger partial charge is 0.492 e. The van der Waals surface area contributed by atoms with Crippen LogP contribution in [0.1, 0.15) is 27.0 Å². The lowest BCUT2D eigenvalue weighted by atomic mass is 10.00. The number of hydrogen-bond acceptors (Lipinski definition) is 6. The number of carbonyl (C=O) groups excluding carboxylic acids is 3. The molecule has 0 bridgehead atoms. The highest BCUT2D eigenvalue weighted by atomic mass is 16.5. The summed E-state index contributed by atoms with van der Waals surface area (Å²) in [6.07, 6.45) is 3.69. The number of ether oxygens (including phenoxy) is 2. The van der Waals surface area contributed by atoms with Gasteiger partial charge in [-0.2, -0.15) is 0 Å². The fourth-order valence-electron chi connectivity index (χ4n) is 5.08. The van der Waals surface area contributed by atoms with Gasteiger partial charge in [-0.25, -0.2) is 4.79 Å². The van der Waals surface area contributed by atoms with E-state index >= 15 is 0 Å². The van der Waals surface area contributed by atoms with Gasteiger partial charge in [0.1, 0.15) is 18.4 Å². The second-order valence-corrected chi connectivity index (χ2v) is 10.7. The zero-order valence-corrected chi connectivity index (χ0v) is 26.1. The number of esters is 1. The Labute approximate surface area is 275 Å². The Morgan fingerprint density at radius 3 is 2.04 bits per heavy atom. The van der Waals surface area contributed by atoms with Crippen molar-refractivity contribution in [2.24, 2.45) is 0 Å². The van der Waals surface area contributed by atoms with E-state index in [2.05, 4.69) is 5.32 Å². The van der Waals surface area contributed by atoms with Crippen molar-refractivity contribution >= 4 is 35.1 Å². The molecule has 1 N–H and O–H groups in total. The second-order valence-electron chi connectivity index (χ2n) is 10.7. The standard InChI is InChI=1S/C40H36N2O5/c1-46-40(45)37(41-36-20-12-11-19-35(36)39(44)32-15-7-3-8-16-32)29-31-21-24-34(25-22-31)47-28-27-42(33-17-9-4-10-18-33)38(43)26-23-30-13-5-2-6-14-30/h2-26,37,41H,27-29H2,1H3/t37-/m0/s1. The Kier molecular flexibility index (Phi) is 11.3. The van der Waals surface area contributed by atoms with Crippen LogP contribution in [0.3, 0.4) is 0 Å². The highest BCUT2D eigenvalue weighted by molar-refractivity contribution is 6.12. The average molecular weight is 625 g/mol. The first-order valence-corrected chi connectivity index (χ1v) is 15.4. The highest BCUT2D eigenvalue weighted by Gasteiger charge is 2.23. The van der Waals surface area contributed by atoms with E-state index in [9.17, 15) is 14.4 Å². The van der Waals surface area contributed by atoms with Gasteiger partial charge in [-0.15, -0.1) is 0 Å². The van der Waals surface area contributed by atoms with Crippen LogP contribution in [0.15, 0.2) is 146 Å². The van der Waals surface area contributed by atoms with Crippen molar-refractivity contribution in [1.82, 2.24) is 0 Å². The number of para-hydroxylation sites is 2. The minimum atomic E-state index is -0.731. The summed E-state index contributed by atoms with van der Waals surface area (Å²) >= 11 is 0. The molecule has 0 saturated heterocycles. The van der Waals surface area contributed by atoms with E-state index < -0.39 is 12.0 Å². The monoisotopic (exact) mass is 624 g/mol. The van der Waals surface area contributed by atoms with Crippen LogP contribution in [0.4, 0.5) is 11.4 Å². The summed E-state index contributed by atoms with van der Waals surface area (Å²) in [5, 5.41) is 3.24. The zero-order valence-electron chi connectivity index (χ0n) is 26.1. The first kappa shape index (κ1) is 32.4. The predicted molar refractivity (Wildman–Crippen MR) is 186 cm³/mol. The fraction of sp³-hybridized carbons (Fsp3) is 0.125. The molecule has 0 heterocycles. The molecule has 0 aliphatic heterocycles. The molecule has 5 aromatic rings. The van der Waals surface area contributed by atoms with E-state index in [1.54, 1.807) is 47.4 Å². The predicted octanol–water partition coefficient (Wildman–Crippen LogP) is 7.24. The van der Waals surface area contributed by atoms with E-state index in [1.807, 2.05) is 109 Å². The van der Waals surface area contributed by atoms with E-state index in [0.717, 1.165) is 16.8 Å². The van der Waals surface area contributed by atoms with Crippen LogP contribution in [-0.4, -0.2) is 44.0 Å². The SMILES string of the molecule is COC(=O)[C@H](Cc1ccc(OCCN(C(=O)C=Cc2ccccc2)c2ccccc2)cc1)Nc1ccccc1C(=O)c1ccccc1. The van der Waals surface area contributed by atoms with Crippen LogP contribution in [0.5, 0.6) is 5.75 Å². The number of methoxy groups -OCH3 is 1. The van der Waals surface area contributed by atoms with E-state index in [0.29, 0.717) is 35.5 Å². The minimum absolute atomic E-state index is 0.140. The van der Waals surface area contributed by atoms with Crippen LogP contribution >= 0.6 is 0 Å². The van der Waals surface area contributed by atoms with Crippen molar-refractivity contribution in [3.05, 3.63) is 168 Å². The number of ketones is 1. The maximum Gasteiger partial charge on any atom is 0.328 e. The third-order valence-corrected chi connectivity index (χ3v) is 7.52. The van der Waals surface area contributed by atoms with Gasteiger partial charge in [-0.1, -0.05) is 103 Å². The molecule has 0 aliphatic carbocycles. The van der Waals surface area contributed by atoms with Crippen LogP contribution in [0.25, 0.3) is 6.08 Å². The first-order valence-electron chi connectivity index (χ1n) is 15.4. The molecule has 0 fully saturated rings. The molecule has 7 nitrogen and oxygen atoms in total. The van der Waals surface area contributed by atoms with Gasteiger partial charge < -0.3 is 19.7 Å². The number of nitrogens with one attached hydrogen (secondary N) is 1. The lowest BCUT2D eigenvalue weighted by Crippen LogP contribution is -2.33. The molecular weight excluding hydrogens is 588 g/mol. The van der Waals surface area contributed by atoms with E-state index in [-0.39, 0.29) is 18.3 Å². The summed E-state index contributed by atoms with van der Waals surface area (Å²) in [5.41, 5.74) is 4.18. The topological polar surface area (TPSA) is 84.9 Å². The van der Waals surface area contributed by atoms with Crippen LogP contribution in [0.2, 0.25) is 0 Å². The molecule has 0 aliphatic rings. The number of carbonyl (C=O) groups is 3. The molecule has 1 amide bonds. The highest BCUT2D eigenvalue weighted by Crippen LogP contribution is 2.22. The molecule has 5 rings (SSSR count). The summed E-state index contributed by atoms with van der Waals surface area (Å²) in [6, 6.07) is 42.0. The van der Waals surface area contributed by atoms with Gasteiger partial charge in [0.25, 0.3) is 5.91 Å². The number of anilines is 2. The molecule has 0 saturated carbocycles. The Balaban J connectivity index is 1.22. The molecule has 1 atom stereocenters. The van der Waals surface area contributed by atoms with Gasteiger partial charge >= 0.3 is 5.97 Å². The van der Waals surface area contributed by atoms with Gasteiger partial charge in [-0.3, -0.25) is 9.59 Å². The van der Waals surface area contributed by atoms with Crippen LogP contribution in [0, 0.1) is 0 Å². The molecule has 0 radical (unpaired) electrons. The maximum absolute atomic E-state index is 13.2. The fourth-order valence-corrected chi connectivity index (χ4v) is 5.08. The summed E-state index contributed by atoms with van der Waals surface area (Å²) in [5.74, 6) is -0.0966. The van der Waals surface area contributed by atoms with Crippen molar-refractivity contribution in [3.63, 3.8) is 0 Å². The summed E-state index contributed by atoms with van der Waals surface area (Å²) < 4.78 is 11.1. The number of rotatable bonds is 14. The third-order valence-electron chi connectivity index (χ3n) is 7.52. The van der Waals surface area contributed by atoms with Gasteiger partial charge in [0.15, 0.2) is 5.78 Å². The van der Waals surface area contributed by atoms with Gasteiger partial charge in [-0.05, 0) is 53.6 Å². The number of nitrogens with zero attached hydrogens (tertiary/aromatic N) is 1. The number of benzene rings is 5. The molecule has 0 unspecified atom stereocenters. The summed E-state index contributed by atoms with van der Waals surface area (Å²) in [7, 11) is 1.34. The Morgan fingerprint density at radius 2 is 1.36 bits per heavy atom. The number of amides is 1. The lowest BCUT2D eigenvalue weighted by Gasteiger charge is -2.22.